The van der Waals surface area contributed by atoms with Crippen LogP contribution in [0.3, 0.4) is 0 Å². The molecule has 3 rings (SSSR count). The summed E-state index contributed by atoms with van der Waals surface area (Å²) in [5.41, 5.74) is -0.134. The first-order valence-corrected chi connectivity index (χ1v) is 8.92. The molecule has 1 amide bonds. The van der Waals surface area contributed by atoms with Crippen molar-refractivity contribution >= 4 is 28.7 Å². The Morgan fingerprint density at radius 3 is 2.81 bits per heavy atom. The number of hydrogen-bond donors (Lipinski definition) is 0. The molecule has 1 saturated heterocycles. The number of carbonyl (C=O) groups is 1. The van der Waals surface area contributed by atoms with Crippen LogP contribution in [0.25, 0.3) is 11.0 Å². The van der Waals surface area contributed by atoms with Gasteiger partial charge in [-0.05, 0) is 44.9 Å². The first-order chi connectivity index (χ1) is 12.6. The summed E-state index contributed by atoms with van der Waals surface area (Å²) in [5.74, 6) is 0. The third-order valence-electron chi connectivity index (χ3n) is 4.24. The van der Waals surface area contributed by atoms with Crippen LogP contribution in [0.15, 0.2) is 18.5 Å². The molecule has 2 aromatic rings. The van der Waals surface area contributed by atoms with Gasteiger partial charge in [-0.1, -0.05) is 0 Å². The van der Waals surface area contributed by atoms with Crippen LogP contribution in [0, 0.1) is 0 Å². The summed E-state index contributed by atoms with van der Waals surface area (Å²) in [6, 6.07) is 1.35. The van der Waals surface area contributed by atoms with E-state index in [1.54, 1.807) is 43.8 Å². The zero-order chi connectivity index (χ0) is 19.8. The van der Waals surface area contributed by atoms with E-state index in [9.17, 15) is 13.6 Å². The third-order valence-corrected chi connectivity index (χ3v) is 4.42. The summed E-state index contributed by atoms with van der Waals surface area (Å²) in [6.45, 7) is 2.63. The van der Waals surface area contributed by atoms with Gasteiger partial charge in [-0.3, -0.25) is 0 Å². The molecule has 3 heterocycles. The van der Waals surface area contributed by atoms with Crippen molar-refractivity contribution in [2.75, 3.05) is 13.1 Å². The van der Waals surface area contributed by atoms with Crippen molar-refractivity contribution in [3.05, 3.63) is 23.7 Å². The number of rotatable bonds is 3. The Morgan fingerprint density at radius 2 is 2.15 bits per heavy atom. The highest BCUT2D eigenvalue weighted by Crippen LogP contribution is 2.31. The smallest absolute Gasteiger partial charge is 0.410 e. The molecule has 1 aliphatic rings. The van der Waals surface area contributed by atoms with Crippen molar-refractivity contribution in [3.8, 4) is 0 Å². The largest absolute Gasteiger partial charge is 0.444 e. The second-order valence-electron chi connectivity index (χ2n) is 7.36. The van der Waals surface area contributed by atoms with Crippen LogP contribution in [-0.4, -0.2) is 56.9 Å². The highest BCUT2D eigenvalue weighted by atomic mass is 35.5. The number of piperidine rings is 1. The Bertz CT molecular complexity index is 824. The maximum Gasteiger partial charge on any atom is 0.410 e. The average Bonchev–Trinajstić information content (AvgIpc) is 2.95. The van der Waals surface area contributed by atoms with Crippen LogP contribution in [0.5, 0.6) is 0 Å². The predicted octanol–water partition coefficient (Wildman–Crippen LogP) is 3.87. The first kappa shape index (κ1) is 19.8. The molecule has 0 aliphatic carbocycles. The SMILES string of the molecule is CC(C)(C)OC(=O)N1CC[C@H](n2ccc3cnc(Cl)nc32)[C@@H](OC(F)F)C1. The Hall–Kier alpha value is -2.00. The summed E-state index contributed by atoms with van der Waals surface area (Å²) >= 11 is 5.88. The van der Waals surface area contributed by atoms with E-state index < -0.39 is 30.5 Å². The fraction of sp³-hybridized carbons (Fsp3) is 0.588. The molecule has 148 valence electrons. The predicted molar refractivity (Wildman–Crippen MR) is 94.9 cm³/mol. The van der Waals surface area contributed by atoms with Gasteiger partial charge in [0, 0.05) is 24.3 Å². The van der Waals surface area contributed by atoms with E-state index in [1.807, 2.05) is 0 Å². The molecule has 2 aromatic heterocycles. The van der Waals surface area contributed by atoms with Gasteiger partial charge in [-0.2, -0.15) is 13.8 Å². The fourth-order valence-corrected chi connectivity index (χ4v) is 3.29. The third kappa shape index (κ3) is 4.65. The van der Waals surface area contributed by atoms with Gasteiger partial charge in [0.05, 0.1) is 12.6 Å². The van der Waals surface area contributed by atoms with Gasteiger partial charge in [0.15, 0.2) is 0 Å². The van der Waals surface area contributed by atoms with E-state index >= 15 is 0 Å². The highest BCUT2D eigenvalue weighted by Gasteiger charge is 2.37. The van der Waals surface area contributed by atoms with E-state index in [1.165, 1.54) is 4.90 Å². The number of halogens is 3. The number of alkyl halides is 2. The average molecular weight is 403 g/mol. The number of carbonyl (C=O) groups excluding carboxylic acids is 1. The molecule has 0 bridgehead atoms. The molecule has 0 N–H and O–H groups in total. The van der Waals surface area contributed by atoms with Crippen molar-refractivity contribution in [1.82, 2.24) is 19.4 Å². The molecule has 0 aromatic carbocycles. The molecule has 1 aliphatic heterocycles. The topological polar surface area (TPSA) is 69.5 Å². The lowest BCUT2D eigenvalue weighted by Gasteiger charge is -2.39. The van der Waals surface area contributed by atoms with E-state index in [0.29, 0.717) is 18.6 Å². The van der Waals surface area contributed by atoms with Crippen molar-refractivity contribution in [2.24, 2.45) is 0 Å². The van der Waals surface area contributed by atoms with Crippen LogP contribution in [0.1, 0.15) is 33.2 Å². The Balaban J connectivity index is 1.85. The van der Waals surface area contributed by atoms with Gasteiger partial charge >= 0.3 is 12.7 Å². The molecule has 2 atom stereocenters. The molecule has 7 nitrogen and oxygen atoms in total. The fourth-order valence-electron chi connectivity index (χ4n) is 3.17. The van der Waals surface area contributed by atoms with E-state index in [4.69, 9.17) is 21.1 Å². The minimum atomic E-state index is -2.96. The normalized spacial score (nSPS) is 21.1. The van der Waals surface area contributed by atoms with Crippen molar-refractivity contribution < 1.29 is 23.0 Å². The standard InChI is InChI=1S/C17H21ClF2N4O3/c1-17(2,3)27-16(25)23-6-5-11(12(9-23)26-15(19)20)24-7-4-10-8-21-14(18)22-13(10)24/h4,7-8,11-12,15H,5-6,9H2,1-3H3/t11-,12-/m0/s1. The monoisotopic (exact) mass is 402 g/mol. The zero-order valence-corrected chi connectivity index (χ0v) is 16.0. The van der Waals surface area contributed by atoms with Crippen LogP contribution >= 0.6 is 11.6 Å². The van der Waals surface area contributed by atoms with Crippen molar-refractivity contribution in [2.45, 2.75) is 51.6 Å². The van der Waals surface area contributed by atoms with Crippen LogP contribution in [0.4, 0.5) is 13.6 Å². The molecule has 27 heavy (non-hydrogen) atoms. The number of ether oxygens (including phenoxy) is 2. The summed E-state index contributed by atoms with van der Waals surface area (Å²) < 4.78 is 37.9. The number of aromatic nitrogens is 3. The minimum absolute atomic E-state index is 0.0115. The van der Waals surface area contributed by atoms with Crippen molar-refractivity contribution in [1.29, 1.82) is 0 Å². The number of hydrogen-bond acceptors (Lipinski definition) is 5. The van der Waals surface area contributed by atoms with Crippen molar-refractivity contribution in [3.63, 3.8) is 0 Å². The molecule has 1 fully saturated rings. The first-order valence-electron chi connectivity index (χ1n) is 8.54. The maximum atomic E-state index is 13.0. The van der Waals surface area contributed by atoms with E-state index in [0.717, 1.165) is 5.39 Å². The van der Waals surface area contributed by atoms with Crippen LogP contribution in [0.2, 0.25) is 5.28 Å². The molecule has 0 unspecified atom stereocenters. The van der Waals surface area contributed by atoms with Gasteiger partial charge in [-0.15, -0.1) is 0 Å². The van der Waals surface area contributed by atoms with Gasteiger partial charge < -0.3 is 18.9 Å². The molecule has 0 saturated carbocycles. The Morgan fingerprint density at radius 1 is 1.41 bits per heavy atom. The second kappa shape index (κ2) is 7.55. The van der Waals surface area contributed by atoms with Crippen LogP contribution in [-0.2, 0) is 9.47 Å². The molecule has 0 spiro atoms. The van der Waals surface area contributed by atoms with Gasteiger partial charge in [-0.25, -0.2) is 9.78 Å². The number of likely N-dealkylation sites (tertiary alicyclic amines) is 1. The lowest BCUT2D eigenvalue weighted by atomic mass is 10.0. The summed E-state index contributed by atoms with van der Waals surface area (Å²) in [7, 11) is 0. The number of amides is 1. The quantitative estimate of drug-likeness (QED) is 0.729. The second-order valence-corrected chi connectivity index (χ2v) is 7.70. The highest BCUT2D eigenvalue weighted by molar-refractivity contribution is 6.28. The minimum Gasteiger partial charge on any atom is -0.444 e. The van der Waals surface area contributed by atoms with E-state index in [-0.39, 0.29) is 11.8 Å². The lowest BCUT2D eigenvalue weighted by Crippen LogP contribution is -2.50. The number of fused-ring (bicyclic) bond motifs is 1. The summed E-state index contributed by atoms with van der Waals surface area (Å²) in [4.78, 5) is 21.8. The number of nitrogens with zero attached hydrogens (tertiary/aromatic N) is 4. The molecular weight excluding hydrogens is 382 g/mol. The zero-order valence-electron chi connectivity index (χ0n) is 15.2. The Labute approximate surface area is 160 Å². The van der Waals surface area contributed by atoms with Crippen LogP contribution < -0.4 is 0 Å². The van der Waals surface area contributed by atoms with Gasteiger partial charge in [0.1, 0.15) is 17.4 Å². The summed E-state index contributed by atoms with van der Waals surface area (Å²) in [5, 5.41) is 0.810. The van der Waals surface area contributed by atoms with Gasteiger partial charge in [0.2, 0.25) is 5.28 Å². The maximum absolute atomic E-state index is 13.0. The molecule has 0 radical (unpaired) electrons. The molecule has 10 heteroatoms. The summed E-state index contributed by atoms with van der Waals surface area (Å²) in [6.07, 6.45) is 2.25. The Kier molecular flexibility index (Phi) is 5.53. The van der Waals surface area contributed by atoms with Gasteiger partial charge in [0.25, 0.3) is 0 Å². The molecular formula is C17H21ClF2N4O3. The lowest BCUT2D eigenvalue weighted by molar-refractivity contribution is -0.184. The van der Waals surface area contributed by atoms with E-state index in [2.05, 4.69) is 9.97 Å².